The summed E-state index contributed by atoms with van der Waals surface area (Å²) in [6.45, 7) is 4.47. The zero-order valence-electron chi connectivity index (χ0n) is 15.9. The van der Waals surface area contributed by atoms with E-state index in [-0.39, 0.29) is 23.6 Å². The lowest BCUT2D eigenvalue weighted by molar-refractivity contribution is -0.0537. The molecule has 3 aliphatic rings. The first-order chi connectivity index (χ1) is 12.8. The molecule has 0 aliphatic carbocycles. The molecule has 0 unspecified atom stereocenters. The molecule has 3 fully saturated rings. The second-order valence-electron chi connectivity index (χ2n) is 8.24. The summed E-state index contributed by atoms with van der Waals surface area (Å²) in [5.41, 5.74) is 0.290. The summed E-state index contributed by atoms with van der Waals surface area (Å²) in [6, 6.07) is 2.20. The Morgan fingerprint density at radius 1 is 1.33 bits per heavy atom. The number of aryl methyl sites for hydroxylation is 1. The number of aromatic nitrogens is 1. The first kappa shape index (κ1) is 18.9. The number of rotatable bonds is 4. The highest BCUT2D eigenvalue weighted by atomic mass is 32.2. The zero-order chi connectivity index (χ0) is 19.2. The molecule has 0 radical (unpaired) electrons. The molecule has 4 atom stereocenters. The average molecular weight is 397 g/mol. The van der Waals surface area contributed by atoms with Gasteiger partial charge in [0, 0.05) is 37.8 Å². The van der Waals surface area contributed by atoms with E-state index >= 15 is 0 Å². The second-order valence-corrected chi connectivity index (χ2v) is 10.2. The summed E-state index contributed by atoms with van der Waals surface area (Å²) in [6.07, 6.45) is 5.81. The molecule has 1 N–H and O–H groups in total. The minimum absolute atomic E-state index is 0.160. The predicted molar refractivity (Wildman–Crippen MR) is 99.7 cm³/mol. The van der Waals surface area contributed by atoms with Gasteiger partial charge in [0.15, 0.2) is 5.69 Å². The molecule has 3 aliphatic heterocycles. The normalized spacial score (nSPS) is 32.1. The zero-order valence-corrected chi connectivity index (χ0v) is 16.7. The highest BCUT2D eigenvalue weighted by molar-refractivity contribution is 7.88. The average Bonchev–Trinajstić information content (AvgIpc) is 3.07. The number of carbonyl (C=O) groups excluding carboxylic acids is 1. The molecule has 8 nitrogen and oxygen atoms in total. The third kappa shape index (κ3) is 3.77. The number of fused-ring (bicyclic) bond motifs is 4. The van der Waals surface area contributed by atoms with Crippen LogP contribution in [-0.2, 0) is 10.0 Å². The number of nitrogens with one attached hydrogen (secondary N) is 1. The maximum atomic E-state index is 12.4. The molecule has 1 aromatic heterocycles. The molecule has 0 aromatic carbocycles. The first-order valence-electron chi connectivity index (χ1n) is 9.75. The summed E-state index contributed by atoms with van der Waals surface area (Å²) in [7, 11) is -3.20. The van der Waals surface area contributed by atoms with Crippen molar-refractivity contribution in [2.45, 2.75) is 44.7 Å². The van der Waals surface area contributed by atoms with Gasteiger partial charge in [-0.25, -0.2) is 12.7 Å². The molecule has 2 bridgehead atoms. The Bertz CT molecular complexity index is 808. The van der Waals surface area contributed by atoms with Gasteiger partial charge in [-0.2, -0.15) is 0 Å². The molecule has 9 heteroatoms. The van der Waals surface area contributed by atoms with Gasteiger partial charge in [-0.3, -0.25) is 9.69 Å². The number of amides is 1. The topological polar surface area (TPSA) is 95.8 Å². The van der Waals surface area contributed by atoms with Crippen LogP contribution in [0.25, 0.3) is 0 Å². The molecule has 0 spiro atoms. The first-order valence-corrected chi connectivity index (χ1v) is 11.6. The Kier molecular flexibility index (Phi) is 5.02. The van der Waals surface area contributed by atoms with Crippen LogP contribution in [-0.4, -0.2) is 73.2 Å². The summed E-state index contributed by atoms with van der Waals surface area (Å²) >= 11 is 0. The van der Waals surface area contributed by atoms with Gasteiger partial charge in [0.1, 0.15) is 5.76 Å². The van der Waals surface area contributed by atoms with E-state index in [4.69, 9.17) is 4.52 Å². The van der Waals surface area contributed by atoms with E-state index in [0.717, 1.165) is 19.4 Å². The Hall–Kier alpha value is -1.45. The third-order valence-corrected chi connectivity index (χ3v) is 7.63. The fourth-order valence-corrected chi connectivity index (χ4v) is 6.10. The number of carbonyl (C=O) groups is 1. The Morgan fingerprint density at radius 3 is 2.81 bits per heavy atom. The van der Waals surface area contributed by atoms with E-state index in [2.05, 4.69) is 15.4 Å². The Labute approximate surface area is 160 Å². The smallest absolute Gasteiger partial charge is 0.273 e. The molecule has 0 saturated carbocycles. The maximum Gasteiger partial charge on any atom is 0.273 e. The van der Waals surface area contributed by atoms with Crippen molar-refractivity contribution in [3.8, 4) is 0 Å². The van der Waals surface area contributed by atoms with Crippen molar-refractivity contribution in [3.05, 3.63) is 17.5 Å². The lowest BCUT2D eigenvalue weighted by Gasteiger charge is -2.56. The van der Waals surface area contributed by atoms with Crippen molar-refractivity contribution in [1.29, 1.82) is 0 Å². The third-order valence-electron chi connectivity index (χ3n) is 6.39. The number of hydrogen-bond donors (Lipinski definition) is 1. The van der Waals surface area contributed by atoms with Crippen molar-refractivity contribution in [1.82, 2.24) is 19.7 Å². The molecule has 150 valence electrons. The molecule has 27 heavy (non-hydrogen) atoms. The number of sulfonamides is 1. The maximum absolute atomic E-state index is 12.4. The monoisotopic (exact) mass is 396 g/mol. The van der Waals surface area contributed by atoms with E-state index in [1.807, 2.05) is 0 Å². The van der Waals surface area contributed by atoms with Gasteiger partial charge in [0.05, 0.1) is 6.26 Å². The summed E-state index contributed by atoms with van der Waals surface area (Å²) in [5, 5.41) is 6.78. The molecular weight excluding hydrogens is 368 g/mol. The van der Waals surface area contributed by atoms with E-state index in [1.54, 1.807) is 17.3 Å². The van der Waals surface area contributed by atoms with Gasteiger partial charge in [-0.15, -0.1) is 0 Å². The molecule has 3 saturated heterocycles. The quantitative estimate of drug-likeness (QED) is 0.811. The summed E-state index contributed by atoms with van der Waals surface area (Å²) in [5.74, 6) is 1.00. The van der Waals surface area contributed by atoms with Crippen molar-refractivity contribution in [2.24, 2.45) is 11.8 Å². The van der Waals surface area contributed by atoms with Crippen LogP contribution < -0.4 is 5.32 Å². The van der Waals surface area contributed by atoms with Crippen LogP contribution in [0.5, 0.6) is 0 Å². The van der Waals surface area contributed by atoms with Crippen molar-refractivity contribution in [2.75, 3.05) is 32.4 Å². The van der Waals surface area contributed by atoms with Gasteiger partial charge in [0.25, 0.3) is 5.91 Å². The van der Waals surface area contributed by atoms with Gasteiger partial charge in [-0.05, 0) is 44.6 Å². The highest BCUT2D eigenvalue weighted by Gasteiger charge is 2.48. The Morgan fingerprint density at radius 2 is 2.11 bits per heavy atom. The molecule has 1 aromatic rings. The van der Waals surface area contributed by atoms with Gasteiger partial charge in [0.2, 0.25) is 10.0 Å². The van der Waals surface area contributed by atoms with Crippen LogP contribution in [0.1, 0.15) is 41.9 Å². The van der Waals surface area contributed by atoms with Gasteiger partial charge < -0.3 is 9.84 Å². The highest BCUT2D eigenvalue weighted by Crippen LogP contribution is 2.41. The van der Waals surface area contributed by atoms with Gasteiger partial charge in [-0.1, -0.05) is 11.6 Å². The predicted octanol–water partition coefficient (Wildman–Crippen LogP) is 0.847. The fraction of sp³-hybridized carbons (Fsp3) is 0.778. The summed E-state index contributed by atoms with van der Waals surface area (Å²) < 4.78 is 31.0. The van der Waals surface area contributed by atoms with Crippen molar-refractivity contribution >= 4 is 15.9 Å². The van der Waals surface area contributed by atoms with Crippen LogP contribution in [0.15, 0.2) is 10.6 Å². The lowest BCUT2D eigenvalue weighted by atomic mass is 9.73. The van der Waals surface area contributed by atoms with Crippen LogP contribution in [0.3, 0.4) is 0 Å². The second kappa shape index (κ2) is 7.18. The number of hydrogen-bond acceptors (Lipinski definition) is 6. The molecule has 4 rings (SSSR count). The standard InChI is InChI=1S/C18H28N4O4S/c1-12-7-15(20-26-12)18(23)19-9-17-14-8-13(10-21(11-14)27(2,24)25)16-5-3-4-6-22(16)17/h7,13-14,16-17H,3-6,8-11H2,1-2H3,(H,19,23)/t13-,14+,16+,17+/m1/s1. The van der Waals surface area contributed by atoms with Crippen LogP contribution in [0.2, 0.25) is 0 Å². The summed E-state index contributed by atoms with van der Waals surface area (Å²) in [4.78, 5) is 14.9. The van der Waals surface area contributed by atoms with Crippen LogP contribution in [0.4, 0.5) is 0 Å². The molecule has 4 heterocycles. The van der Waals surface area contributed by atoms with E-state index in [9.17, 15) is 13.2 Å². The minimum Gasteiger partial charge on any atom is -0.361 e. The molecule has 1 amide bonds. The largest absolute Gasteiger partial charge is 0.361 e. The Balaban J connectivity index is 1.51. The molecular formula is C18H28N4O4S. The minimum atomic E-state index is -3.20. The van der Waals surface area contributed by atoms with Gasteiger partial charge >= 0.3 is 0 Å². The fourth-order valence-electron chi connectivity index (χ4n) is 5.18. The van der Waals surface area contributed by atoms with E-state index in [0.29, 0.717) is 37.4 Å². The number of nitrogens with zero attached hydrogens (tertiary/aromatic N) is 3. The van der Waals surface area contributed by atoms with E-state index < -0.39 is 10.0 Å². The van der Waals surface area contributed by atoms with Crippen molar-refractivity contribution < 1.29 is 17.7 Å². The van der Waals surface area contributed by atoms with E-state index in [1.165, 1.54) is 19.1 Å². The number of piperidine rings is 3. The lowest BCUT2D eigenvalue weighted by Crippen LogP contribution is -2.66. The van der Waals surface area contributed by atoms with Crippen LogP contribution in [0, 0.1) is 18.8 Å². The SMILES string of the molecule is Cc1cc(C(=O)NC[C@H]2[C@H]3C[C@H](CN(S(C)(=O)=O)C3)[C@@H]3CCCCN32)no1. The van der Waals surface area contributed by atoms with Crippen molar-refractivity contribution in [3.63, 3.8) is 0 Å². The van der Waals surface area contributed by atoms with Crippen LogP contribution >= 0.6 is 0 Å².